The summed E-state index contributed by atoms with van der Waals surface area (Å²) in [6.07, 6.45) is 7.47. The average molecular weight is 463 g/mol. The van der Waals surface area contributed by atoms with Crippen LogP contribution in [0.25, 0.3) is 5.65 Å². The lowest BCUT2D eigenvalue weighted by molar-refractivity contribution is 0.196. The van der Waals surface area contributed by atoms with Crippen LogP contribution in [0, 0.1) is 12.3 Å². The molecule has 0 bridgehead atoms. The fourth-order valence-corrected chi connectivity index (χ4v) is 6.35. The fraction of sp³-hybridized carbons (Fsp3) is 0.476. The highest BCUT2D eigenvalue weighted by Crippen LogP contribution is 2.46. The summed E-state index contributed by atoms with van der Waals surface area (Å²) < 4.78 is 1.85. The molecular formula is C21H24Cl2N6S. The predicted molar refractivity (Wildman–Crippen MR) is 122 cm³/mol. The zero-order chi connectivity index (χ0) is 20.9. The molecule has 1 spiro atoms. The minimum atomic E-state index is 0.312. The molecule has 3 heterocycles. The Labute approximate surface area is 190 Å². The maximum atomic E-state index is 6.46. The molecule has 2 aromatic heterocycles. The van der Waals surface area contributed by atoms with Gasteiger partial charge < -0.3 is 10.6 Å². The van der Waals surface area contributed by atoms with Crippen molar-refractivity contribution < 1.29 is 0 Å². The van der Waals surface area contributed by atoms with E-state index in [-0.39, 0.29) is 0 Å². The Morgan fingerprint density at radius 3 is 2.73 bits per heavy atom. The molecule has 1 aliphatic carbocycles. The first kappa shape index (κ1) is 20.4. The summed E-state index contributed by atoms with van der Waals surface area (Å²) in [6, 6.07) is 5.97. The molecule has 1 aliphatic heterocycles. The number of piperidine rings is 1. The van der Waals surface area contributed by atoms with Gasteiger partial charge in [-0.2, -0.15) is 9.61 Å². The number of anilines is 1. The van der Waals surface area contributed by atoms with Crippen LogP contribution >= 0.6 is 35.0 Å². The van der Waals surface area contributed by atoms with E-state index >= 15 is 0 Å². The van der Waals surface area contributed by atoms with Crippen molar-refractivity contribution in [1.82, 2.24) is 19.6 Å². The van der Waals surface area contributed by atoms with E-state index in [4.69, 9.17) is 33.9 Å². The van der Waals surface area contributed by atoms with Gasteiger partial charge in [-0.05, 0) is 50.2 Å². The Kier molecular flexibility index (Phi) is 5.34. The third kappa shape index (κ3) is 3.36. The molecule has 2 aliphatic rings. The van der Waals surface area contributed by atoms with Crippen LogP contribution in [0.5, 0.6) is 0 Å². The normalized spacial score (nSPS) is 21.1. The summed E-state index contributed by atoms with van der Waals surface area (Å²) in [6.45, 7) is 3.90. The van der Waals surface area contributed by atoms with Crippen molar-refractivity contribution in [3.63, 3.8) is 0 Å². The minimum Gasteiger partial charge on any atom is -0.341 e. The Balaban J connectivity index is 1.47. The monoisotopic (exact) mass is 462 g/mol. The van der Waals surface area contributed by atoms with Crippen molar-refractivity contribution in [3.8, 4) is 0 Å². The minimum absolute atomic E-state index is 0.312. The average Bonchev–Trinajstić information content (AvgIpc) is 3.36. The second-order valence-corrected chi connectivity index (χ2v) is 10.2. The molecule has 30 heavy (non-hydrogen) atoms. The third-order valence-corrected chi connectivity index (χ3v) is 8.86. The van der Waals surface area contributed by atoms with E-state index in [2.05, 4.69) is 15.0 Å². The van der Waals surface area contributed by atoms with Gasteiger partial charge in [0.05, 0.1) is 20.6 Å². The van der Waals surface area contributed by atoms with Gasteiger partial charge in [-0.15, -0.1) is 0 Å². The highest BCUT2D eigenvalue weighted by molar-refractivity contribution is 7.99. The van der Waals surface area contributed by atoms with Crippen LogP contribution in [0.1, 0.15) is 37.8 Å². The fourth-order valence-electron chi connectivity index (χ4n) is 4.89. The molecule has 1 saturated carbocycles. The largest absolute Gasteiger partial charge is 0.341 e. The molecule has 6 nitrogen and oxygen atoms in total. The first-order valence-electron chi connectivity index (χ1n) is 10.3. The summed E-state index contributed by atoms with van der Waals surface area (Å²) in [5, 5.41) is 5.56. The molecular weight excluding hydrogens is 439 g/mol. The zero-order valence-electron chi connectivity index (χ0n) is 16.8. The van der Waals surface area contributed by atoms with Gasteiger partial charge in [0.1, 0.15) is 6.33 Å². The Bertz CT molecular complexity index is 1090. The van der Waals surface area contributed by atoms with Crippen molar-refractivity contribution in [3.05, 3.63) is 40.3 Å². The number of aromatic nitrogens is 4. The molecule has 158 valence electrons. The first-order valence-corrected chi connectivity index (χ1v) is 11.9. The number of aryl methyl sites for hydroxylation is 1. The number of rotatable bonds is 3. The van der Waals surface area contributed by atoms with Crippen LogP contribution in [-0.2, 0) is 0 Å². The molecule has 3 aromatic rings. The van der Waals surface area contributed by atoms with Gasteiger partial charge in [-0.25, -0.2) is 9.97 Å². The van der Waals surface area contributed by atoms with E-state index in [1.54, 1.807) is 12.4 Å². The maximum Gasteiger partial charge on any atom is 0.228 e. The maximum absolute atomic E-state index is 6.46. The summed E-state index contributed by atoms with van der Waals surface area (Å²) in [5.41, 5.74) is 8.46. The van der Waals surface area contributed by atoms with Gasteiger partial charge in [0.2, 0.25) is 5.95 Å². The van der Waals surface area contributed by atoms with Gasteiger partial charge in [0.15, 0.2) is 5.65 Å². The quantitative estimate of drug-likeness (QED) is 0.590. The topological polar surface area (TPSA) is 72.3 Å². The number of halogens is 2. The molecule has 9 heteroatoms. The van der Waals surface area contributed by atoms with Crippen molar-refractivity contribution in [2.75, 3.05) is 18.0 Å². The Morgan fingerprint density at radius 2 is 2.00 bits per heavy atom. The second kappa shape index (κ2) is 7.86. The zero-order valence-corrected chi connectivity index (χ0v) is 19.1. The van der Waals surface area contributed by atoms with Crippen LogP contribution in [0.4, 0.5) is 5.95 Å². The van der Waals surface area contributed by atoms with Gasteiger partial charge in [0.25, 0.3) is 0 Å². The van der Waals surface area contributed by atoms with Crippen molar-refractivity contribution >= 4 is 46.6 Å². The number of hydrogen-bond donors (Lipinski definition) is 1. The van der Waals surface area contributed by atoms with Crippen molar-refractivity contribution in [2.24, 2.45) is 11.1 Å². The van der Waals surface area contributed by atoms with Gasteiger partial charge in [-0.1, -0.05) is 47.5 Å². The molecule has 1 atom stereocenters. The molecule has 0 amide bonds. The number of benzene rings is 1. The molecule has 1 saturated heterocycles. The lowest BCUT2D eigenvalue weighted by Gasteiger charge is -2.42. The first-order chi connectivity index (χ1) is 14.5. The van der Waals surface area contributed by atoms with Gasteiger partial charge >= 0.3 is 0 Å². The highest BCUT2D eigenvalue weighted by atomic mass is 35.5. The smallest absolute Gasteiger partial charge is 0.228 e. The van der Waals surface area contributed by atoms with E-state index < -0.39 is 0 Å². The van der Waals surface area contributed by atoms with E-state index in [0.29, 0.717) is 21.5 Å². The van der Waals surface area contributed by atoms with E-state index in [9.17, 15) is 0 Å². The van der Waals surface area contributed by atoms with Crippen LogP contribution in [0.15, 0.2) is 34.3 Å². The summed E-state index contributed by atoms with van der Waals surface area (Å²) in [4.78, 5) is 13.6. The number of fused-ring (bicyclic) bond motifs is 1. The number of nitrogens with zero attached hydrogens (tertiary/aromatic N) is 5. The van der Waals surface area contributed by atoms with Crippen molar-refractivity contribution in [1.29, 1.82) is 0 Å². The number of nitrogens with two attached hydrogens (primary N) is 1. The SMILES string of the molecule is Cc1nc(N2CCC3(CCCC3N)CC2)n2ncnc2c1Sc1cccc(Cl)c1Cl. The van der Waals surface area contributed by atoms with Crippen LogP contribution < -0.4 is 10.6 Å². The van der Waals surface area contributed by atoms with Crippen LogP contribution in [0.3, 0.4) is 0 Å². The Hall–Kier alpha value is -1.54. The lowest BCUT2D eigenvalue weighted by Crippen LogP contribution is -2.47. The van der Waals surface area contributed by atoms with Crippen molar-refractivity contribution in [2.45, 2.75) is 54.9 Å². The van der Waals surface area contributed by atoms with E-state index in [1.165, 1.54) is 24.6 Å². The molecule has 1 aromatic carbocycles. The van der Waals surface area contributed by atoms with Gasteiger partial charge in [0, 0.05) is 24.0 Å². The molecule has 2 fully saturated rings. The molecule has 2 N–H and O–H groups in total. The van der Waals surface area contributed by atoms with Crippen LogP contribution in [0.2, 0.25) is 10.0 Å². The molecule has 0 radical (unpaired) electrons. The second-order valence-electron chi connectivity index (χ2n) is 8.32. The molecule has 1 unspecified atom stereocenters. The highest BCUT2D eigenvalue weighted by Gasteiger charge is 2.43. The third-order valence-electron chi connectivity index (χ3n) is 6.68. The standard InChI is InChI=1S/C21H24Cl2N6S/c1-13-18(30-15-5-2-4-14(22)17(15)23)19-25-12-26-29(19)20(27-13)28-10-8-21(9-11-28)7-3-6-16(21)24/h2,4-5,12,16H,3,6-11,24H2,1H3. The number of hydrogen-bond acceptors (Lipinski definition) is 6. The molecule has 5 rings (SSSR count). The summed E-state index contributed by atoms with van der Waals surface area (Å²) in [7, 11) is 0. The lowest BCUT2D eigenvalue weighted by atomic mass is 9.74. The van der Waals surface area contributed by atoms with E-state index in [0.717, 1.165) is 59.4 Å². The van der Waals surface area contributed by atoms with Crippen LogP contribution in [-0.4, -0.2) is 38.7 Å². The summed E-state index contributed by atoms with van der Waals surface area (Å²) in [5.74, 6) is 0.850. The summed E-state index contributed by atoms with van der Waals surface area (Å²) >= 11 is 14.1. The van der Waals surface area contributed by atoms with E-state index in [1.807, 2.05) is 23.6 Å². The Morgan fingerprint density at radius 1 is 1.20 bits per heavy atom. The predicted octanol–water partition coefficient (Wildman–Crippen LogP) is 4.99. The van der Waals surface area contributed by atoms with Gasteiger partial charge in [-0.3, -0.25) is 0 Å².